The van der Waals surface area contributed by atoms with Crippen LogP contribution in [0.3, 0.4) is 0 Å². The molecule has 17 heavy (non-hydrogen) atoms. The summed E-state index contributed by atoms with van der Waals surface area (Å²) in [6, 6.07) is 5.02. The molecule has 0 aliphatic carbocycles. The van der Waals surface area contributed by atoms with Crippen molar-refractivity contribution in [2.24, 2.45) is 0 Å². The summed E-state index contributed by atoms with van der Waals surface area (Å²) in [5.74, 6) is -1.78. The minimum absolute atomic E-state index is 0.0681. The highest BCUT2D eigenvalue weighted by atomic mass is 19.1. The van der Waals surface area contributed by atoms with Gasteiger partial charge in [-0.15, -0.1) is 5.10 Å². The van der Waals surface area contributed by atoms with Crippen LogP contribution in [0, 0.1) is 12.7 Å². The van der Waals surface area contributed by atoms with E-state index in [1.54, 1.807) is 13.0 Å². The van der Waals surface area contributed by atoms with Crippen LogP contribution in [0.15, 0.2) is 24.3 Å². The van der Waals surface area contributed by atoms with Crippen LogP contribution in [-0.4, -0.2) is 21.3 Å². The number of hydrogen-bond acceptors (Lipinski definition) is 3. The lowest BCUT2D eigenvalue weighted by Gasteiger charge is -2.03. The third-order valence-electron chi connectivity index (χ3n) is 2.08. The summed E-state index contributed by atoms with van der Waals surface area (Å²) < 4.78 is 18.6. The summed E-state index contributed by atoms with van der Waals surface area (Å²) in [5.41, 5.74) is 0.649. The van der Waals surface area contributed by atoms with Gasteiger partial charge in [0.15, 0.2) is 11.6 Å². The first-order valence-corrected chi connectivity index (χ1v) is 4.79. The molecule has 5 nitrogen and oxygen atoms in total. The normalized spacial score (nSPS) is 10.2. The molecule has 0 amide bonds. The Morgan fingerprint density at radius 2 is 2.24 bits per heavy atom. The number of ether oxygens (including phenoxy) is 1. The van der Waals surface area contributed by atoms with Gasteiger partial charge in [0.25, 0.3) is 0 Å². The maximum absolute atomic E-state index is 13.5. The molecule has 1 aromatic heterocycles. The van der Waals surface area contributed by atoms with Crippen LogP contribution in [0.25, 0.3) is 0 Å². The summed E-state index contributed by atoms with van der Waals surface area (Å²) in [6.45, 7) is 1.78. The number of aromatic nitrogens is 2. The maximum atomic E-state index is 13.5. The number of aromatic carboxylic acids is 1. The predicted molar refractivity (Wildman–Crippen MR) is 56.8 cm³/mol. The number of H-pyrrole nitrogens is 1. The number of rotatable bonds is 3. The fraction of sp³-hybridized carbons (Fsp3) is 0.0909. The topological polar surface area (TPSA) is 75.2 Å². The van der Waals surface area contributed by atoms with E-state index in [0.29, 0.717) is 0 Å². The number of benzene rings is 1. The second-order valence-corrected chi connectivity index (χ2v) is 3.44. The largest absolute Gasteiger partial charge is 0.478 e. The van der Waals surface area contributed by atoms with Gasteiger partial charge in [0.2, 0.25) is 5.88 Å². The highest BCUT2D eigenvalue weighted by Gasteiger charge is 2.10. The molecule has 2 N–H and O–H groups in total. The van der Waals surface area contributed by atoms with E-state index in [2.05, 4.69) is 10.2 Å². The molecule has 0 unspecified atom stereocenters. The molecule has 0 bridgehead atoms. The summed E-state index contributed by atoms with van der Waals surface area (Å²) >= 11 is 0. The quantitative estimate of drug-likeness (QED) is 0.857. The molecule has 0 radical (unpaired) electrons. The van der Waals surface area contributed by atoms with E-state index in [1.165, 1.54) is 12.1 Å². The fourth-order valence-electron chi connectivity index (χ4n) is 1.27. The molecule has 1 heterocycles. The van der Waals surface area contributed by atoms with Crippen molar-refractivity contribution in [3.8, 4) is 11.6 Å². The molecule has 0 spiro atoms. The van der Waals surface area contributed by atoms with Crippen molar-refractivity contribution in [3.05, 3.63) is 41.3 Å². The second-order valence-electron chi connectivity index (χ2n) is 3.44. The number of carboxylic acids is 1. The number of nitrogens with one attached hydrogen (secondary N) is 1. The Morgan fingerprint density at radius 1 is 1.47 bits per heavy atom. The summed E-state index contributed by atoms with van der Waals surface area (Å²) in [7, 11) is 0. The van der Waals surface area contributed by atoms with E-state index in [-0.39, 0.29) is 17.2 Å². The smallest absolute Gasteiger partial charge is 0.335 e. The number of aromatic amines is 1. The number of nitrogens with zero attached hydrogens (tertiary/aromatic N) is 1. The molecule has 2 aromatic rings. The molecule has 0 saturated heterocycles. The monoisotopic (exact) mass is 236 g/mol. The molecule has 0 fully saturated rings. The van der Waals surface area contributed by atoms with E-state index >= 15 is 0 Å². The number of carbonyl (C=O) groups is 1. The van der Waals surface area contributed by atoms with Crippen LogP contribution >= 0.6 is 0 Å². The van der Waals surface area contributed by atoms with E-state index < -0.39 is 11.8 Å². The Kier molecular flexibility index (Phi) is 2.78. The van der Waals surface area contributed by atoms with Gasteiger partial charge < -0.3 is 9.84 Å². The van der Waals surface area contributed by atoms with E-state index in [4.69, 9.17) is 9.84 Å². The third kappa shape index (κ3) is 2.41. The molecular weight excluding hydrogens is 227 g/mol. The predicted octanol–water partition coefficient (Wildman–Crippen LogP) is 2.35. The van der Waals surface area contributed by atoms with Gasteiger partial charge in [-0.1, -0.05) is 0 Å². The van der Waals surface area contributed by atoms with Crippen LogP contribution in [0.2, 0.25) is 0 Å². The first-order valence-electron chi connectivity index (χ1n) is 4.79. The minimum Gasteiger partial charge on any atom is -0.478 e. The van der Waals surface area contributed by atoms with Crippen LogP contribution in [0.1, 0.15) is 16.1 Å². The lowest BCUT2D eigenvalue weighted by molar-refractivity contribution is 0.0696. The highest BCUT2D eigenvalue weighted by Crippen LogP contribution is 2.24. The number of hydrogen-bond donors (Lipinski definition) is 2. The van der Waals surface area contributed by atoms with Crippen LogP contribution in [-0.2, 0) is 0 Å². The minimum atomic E-state index is -1.19. The van der Waals surface area contributed by atoms with Crippen molar-refractivity contribution in [2.75, 3.05) is 0 Å². The van der Waals surface area contributed by atoms with Crippen molar-refractivity contribution < 1.29 is 19.0 Å². The number of aryl methyl sites for hydroxylation is 1. The molecule has 0 aliphatic rings. The van der Waals surface area contributed by atoms with Crippen LogP contribution in [0.4, 0.5) is 4.39 Å². The van der Waals surface area contributed by atoms with E-state index in [0.717, 1.165) is 11.8 Å². The Morgan fingerprint density at radius 3 is 2.76 bits per heavy atom. The average molecular weight is 236 g/mol. The zero-order valence-electron chi connectivity index (χ0n) is 8.90. The zero-order chi connectivity index (χ0) is 12.4. The summed E-state index contributed by atoms with van der Waals surface area (Å²) in [4.78, 5) is 10.6. The molecule has 88 valence electrons. The molecule has 0 saturated carbocycles. The molecule has 0 atom stereocenters. The van der Waals surface area contributed by atoms with E-state index in [9.17, 15) is 9.18 Å². The van der Waals surface area contributed by atoms with Crippen molar-refractivity contribution >= 4 is 5.97 Å². The van der Waals surface area contributed by atoms with Crippen LogP contribution in [0.5, 0.6) is 11.6 Å². The van der Waals surface area contributed by atoms with Gasteiger partial charge in [-0.05, 0) is 25.1 Å². The molecule has 0 aliphatic heterocycles. The maximum Gasteiger partial charge on any atom is 0.335 e. The molecule has 6 heteroatoms. The fourth-order valence-corrected chi connectivity index (χ4v) is 1.27. The average Bonchev–Trinajstić information content (AvgIpc) is 2.67. The summed E-state index contributed by atoms with van der Waals surface area (Å²) in [5, 5.41) is 15.1. The Bertz CT molecular complexity index is 566. The lowest BCUT2D eigenvalue weighted by Crippen LogP contribution is -1.98. The van der Waals surface area contributed by atoms with Gasteiger partial charge in [0.05, 0.1) is 5.56 Å². The second kappa shape index (κ2) is 4.25. The van der Waals surface area contributed by atoms with Crippen molar-refractivity contribution in [1.29, 1.82) is 0 Å². The number of carboxylic acid groups (broad SMARTS) is 1. The lowest BCUT2D eigenvalue weighted by atomic mass is 10.2. The first kappa shape index (κ1) is 11.1. The van der Waals surface area contributed by atoms with Crippen LogP contribution < -0.4 is 4.74 Å². The van der Waals surface area contributed by atoms with Gasteiger partial charge in [-0.25, -0.2) is 9.18 Å². The Hall–Kier alpha value is -2.37. The Balaban J connectivity index is 2.25. The SMILES string of the molecule is Cc1cc(Oc2ccc(C(=O)O)cc2F)n[nH]1. The highest BCUT2D eigenvalue weighted by molar-refractivity contribution is 5.87. The van der Waals surface area contributed by atoms with Crippen molar-refractivity contribution in [3.63, 3.8) is 0 Å². The number of halogens is 1. The Labute approximate surface area is 95.9 Å². The van der Waals surface area contributed by atoms with Gasteiger partial charge in [0, 0.05) is 11.8 Å². The van der Waals surface area contributed by atoms with Gasteiger partial charge in [0.1, 0.15) is 0 Å². The van der Waals surface area contributed by atoms with Gasteiger partial charge in [-0.2, -0.15) is 0 Å². The summed E-state index contributed by atoms with van der Waals surface area (Å²) in [6.07, 6.45) is 0. The zero-order valence-corrected chi connectivity index (χ0v) is 8.90. The van der Waals surface area contributed by atoms with E-state index in [1.807, 2.05) is 0 Å². The van der Waals surface area contributed by atoms with Crippen molar-refractivity contribution in [1.82, 2.24) is 10.2 Å². The molecule has 1 aromatic carbocycles. The molecule has 2 rings (SSSR count). The third-order valence-corrected chi connectivity index (χ3v) is 2.08. The standard InChI is InChI=1S/C11H9FN2O3/c1-6-4-10(14-13-6)17-9-3-2-7(11(15)16)5-8(9)12/h2-5H,1H3,(H,13,14)(H,15,16). The molecular formula is C11H9FN2O3. The van der Waals surface area contributed by atoms with Gasteiger partial charge in [-0.3, -0.25) is 5.10 Å². The van der Waals surface area contributed by atoms with Gasteiger partial charge >= 0.3 is 5.97 Å². The van der Waals surface area contributed by atoms with Crippen molar-refractivity contribution in [2.45, 2.75) is 6.92 Å². The first-order chi connectivity index (χ1) is 8.06.